The number of hydrogen-bond acceptors (Lipinski definition) is 4. The molecule has 0 radical (unpaired) electrons. The van der Waals surface area contributed by atoms with Crippen molar-refractivity contribution in [3.05, 3.63) is 46.2 Å². The summed E-state index contributed by atoms with van der Waals surface area (Å²) >= 11 is 3.39. The number of likely N-dealkylation sites (tertiary alicyclic amines) is 2. The third kappa shape index (κ3) is 3.30. The molecule has 1 aromatic carbocycles. The van der Waals surface area contributed by atoms with Gasteiger partial charge in [-0.05, 0) is 24.6 Å². The van der Waals surface area contributed by atoms with Crippen molar-refractivity contribution in [2.45, 2.75) is 25.4 Å². The summed E-state index contributed by atoms with van der Waals surface area (Å²) in [6.07, 6.45) is 3.43. The first-order valence-corrected chi connectivity index (χ1v) is 9.13. The molecule has 2 aliphatic heterocycles. The molecule has 4 rings (SSSR count). The van der Waals surface area contributed by atoms with Crippen molar-refractivity contribution in [1.29, 1.82) is 0 Å². The molecule has 8 heteroatoms. The number of carbonyl (C=O) groups excluding carboxylic acids is 2. The molecule has 130 valence electrons. The molecule has 2 saturated heterocycles. The van der Waals surface area contributed by atoms with Crippen molar-refractivity contribution in [3.63, 3.8) is 0 Å². The van der Waals surface area contributed by atoms with Crippen LogP contribution in [0, 0.1) is 0 Å². The van der Waals surface area contributed by atoms with E-state index in [1.807, 2.05) is 35.4 Å². The second kappa shape index (κ2) is 6.59. The minimum absolute atomic E-state index is 0.0283. The van der Waals surface area contributed by atoms with E-state index < -0.39 is 0 Å². The van der Waals surface area contributed by atoms with Crippen molar-refractivity contribution in [2.24, 2.45) is 0 Å². The number of benzene rings is 1. The Morgan fingerprint density at radius 3 is 2.88 bits per heavy atom. The number of amides is 2. The fraction of sp³-hybridized carbons (Fsp3) is 0.412. The fourth-order valence-corrected chi connectivity index (χ4v) is 3.62. The smallest absolute Gasteiger partial charge is 0.254 e. The summed E-state index contributed by atoms with van der Waals surface area (Å²) in [5.41, 5.74) is 1.48. The summed E-state index contributed by atoms with van der Waals surface area (Å²) < 4.78 is 2.70. The lowest BCUT2D eigenvalue weighted by Gasteiger charge is -2.38. The Morgan fingerprint density at radius 1 is 1.32 bits per heavy atom. The molecule has 2 aliphatic rings. The molecular formula is C17H18BrN5O2. The summed E-state index contributed by atoms with van der Waals surface area (Å²) in [5.74, 6) is 0.213. The fourth-order valence-electron chi connectivity index (χ4n) is 3.22. The van der Waals surface area contributed by atoms with Crippen LogP contribution in [0.4, 0.5) is 0 Å². The Bertz CT molecular complexity index is 815. The third-order valence-corrected chi connectivity index (χ3v) is 5.17. The van der Waals surface area contributed by atoms with Gasteiger partial charge in [-0.25, -0.2) is 4.68 Å². The van der Waals surface area contributed by atoms with Crippen LogP contribution in [0.3, 0.4) is 0 Å². The maximum atomic E-state index is 12.4. The van der Waals surface area contributed by atoms with Crippen LogP contribution in [0.2, 0.25) is 0 Å². The molecule has 7 nitrogen and oxygen atoms in total. The van der Waals surface area contributed by atoms with Gasteiger partial charge in [-0.3, -0.25) is 9.59 Å². The zero-order valence-corrected chi connectivity index (χ0v) is 15.2. The topological polar surface area (TPSA) is 71.3 Å². The largest absolute Gasteiger partial charge is 0.337 e. The van der Waals surface area contributed by atoms with Gasteiger partial charge in [-0.1, -0.05) is 27.2 Å². The number of halogens is 1. The maximum Gasteiger partial charge on any atom is 0.254 e. The number of rotatable bonds is 4. The molecule has 0 spiro atoms. The van der Waals surface area contributed by atoms with E-state index in [2.05, 4.69) is 26.2 Å². The van der Waals surface area contributed by atoms with Gasteiger partial charge in [0.25, 0.3) is 5.91 Å². The van der Waals surface area contributed by atoms with Gasteiger partial charge in [-0.15, -0.1) is 5.10 Å². The Balaban J connectivity index is 1.35. The van der Waals surface area contributed by atoms with Crippen LogP contribution in [0.1, 0.15) is 34.9 Å². The van der Waals surface area contributed by atoms with E-state index in [0.29, 0.717) is 31.6 Å². The van der Waals surface area contributed by atoms with Crippen LogP contribution in [-0.4, -0.2) is 56.2 Å². The summed E-state index contributed by atoms with van der Waals surface area (Å²) in [7, 11) is 0. The van der Waals surface area contributed by atoms with Gasteiger partial charge < -0.3 is 9.80 Å². The van der Waals surface area contributed by atoms with Crippen LogP contribution in [0.5, 0.6) is 0 Å². The molecular weight excluding hydrogens is 386 g/mol. The molecule has 0 aliphatic carbocycles. The predicted molar refractivity (Wildman–Crippen MR) is 93.8 cm³/mol. The number of hydrogen-bond donors (Lipinski definition) is 0. The van der Waals surface area contributed by atoms with Crippen molar-refractivity contribution < 1.29 is 9.59 Å². The Morgan fingerprint density at radius 2 is 2.16 bits per heavy atom. The molecule has 2 fully saturated rings. The second-order valence-electron chi connectivity index (χ2n) is 6.48. The number of aromatic nitrogens is 3. The van der Waals surface area contributed by atoms with Gasteiger partial charge >= 0.3 is 0 Å². The van der Waals surface area contributed by atoms with E-state index in [0.717, 1.165) is 23.1 Å². The summed E-state index contributed by atoms with van der Waals surface area (Å²) in [5, 5.41) is 8.34. The normalized spacial score (nSPS) is 17.9. The van der Waals surface area contributed by atoms with Gasteiger partial charge in [0.05, 0.1) is 18.8 Å². The summed E-state index contributed by atoms with van der Waals surface area (Å²) in [6, 6.07) is 7.55. The van der Waals surface area contributed by atoms with Crippen molar-refractivity contribution in [3.8, 4) is 0 Å². The van der Waals surface area contributed by atoms with Gasteiger partial charge in [0.15, 0.2) is 0 Å². The summed E-state index contributed by atoms with van der Waals surface area (Å²) in [6.45, 7) is 2.56. The minimum atomic E-state index is 0.0283. The standard InChI is InChI=1S/C17H18BrN5O2/c18-13-4-1-3-12(7-13)17(25)22-10-15(11-22)23-9-14(19-20-23)8-21-6-2-5-16(21)24/h1,3-4,7,9,15H,2,5-6,8,10-11H2. The SMILES string of the molecule is O=C1CCCN1Cc1cn(C2CN(C(=O)c3cccc(Br)c3)C2)nn1. The molecule has 0 unspecified atom stereocenters. The maximum absolute atomic E-state index is 12.4. The van der Waals surface area contributed by atoms with Crippen LogP contribution < -0.4 is 0 Å². The van der Waals surface area contributed by atoms with Gasteiger partial charge in [0, 0.05) is 36.1 Å². The van der Waals surface area contributed by atoms with E-state index in [4.69, 9.17) is 0 Å². The average Bonchev–Trinajstić information content (AvgIpc) is 3.16. The highest BCUT2D eigenvalue weighted by molar-refractivity contribution is 9.10. The molecule has 2 amide bonds. The van der Waals surface area contributed by atoms with Gasteiger partial charge in [0.2, 0.25) is 5.91 Å². The van der Waals surface area contributed by atoms with Gasteiger partial charge in [0.1, 0.15) is 5.69 Å². The van der Waals surface area contributed by atoms with Crippen LogP contribution in [-0.2, 0) is 11.3 Å². The quantitative estimate of drug-likeness (QED) is 0.780. The summed E-state index contributed by atoms with van der Waals surface area (Å²) in [4.78, 5) is 27.8. The highest BCUT2D eigenvalue weighted by Crippen LogP contribution is 2.24. The Hall–Kier alpha value is -2.22. The highest BCUT2D eigenvalue weighted by Gasteiger charge is 2.33. The zero-order chi connectivity index (χ0) is 17.4. The Kier molecular flexibility index (Phi) is 4.29. The Labute approximate surface area is 153 Å². The zero-order valence-electron chi connectivity index (χ0n) is 13.6. The number of nitrogens with zero attached hydrogens (tertiary/aromatic N) is 5. The predicted octanol–water partition coefficient (Wildman–Crippen LogP) is 1.86. The lowest BCUT2D eigenvalue weighted by Crippen LogP contribution is -2.50. The van der Waals surface area contributed by atoms with Crippen molar-refractivity contribution in [1.82, 2.24) is 24.8 Å². The van der Waals surface area contributed by atoms with Gasteiger partial charge in [-0.2, -0.15) is 0 Å². The molecule has 0 saturated carbocycles. The third-order valence-electron chi connectivity index (χ3n) is 4.68. The first kappa shape index (κ1) is 16.3. The van der Waals surface area contributed by atoms with E-state index >= 15 is 0 Å². The monoisotopic (exact) mass is 403 g/mol. The molecule has 3 heterocycles. The minimum Gasteiger partial charge on any atom is -0.337 e. The van der Waals surface area contributed by atoms with Crippen LogP contribution >= 0.6 is 15.9 Å². The molecule has 25 heavy (non-hydrogen) atoms. The van der Waals surface area contributed by atoms with E-state index in [9.17, 15) is 9.59 Å². The van der Waals surface area contributed by atoms with E-state index in [1.54, 1.807) is 9.58 Å². The highest BCUT2D eigenvalue weighted by atomic mass is 79.9. The van der Waals surface area contributed by atoms with Crippen molar-refractivity contribution >= 4 is 27.7 Å². The molecule has 0 atom stereocenters. The van der Waals surface area contributed by atoms with Crippen LogP contribution in [0.15, 0.2) is 34.9 Å². The molecule has 0 N–H and O–H groups in total. The first-order valence-electron chi connectivity index (χ1n) is 8.33. The molecule has 2 aromatic rings. The van der Waals surface area contributed by atoms with E-state index in [-0.39, 0.29) is 17.9 Å². The van der Waals surface area contributed by atoms with Crippen LogP contribution in [0.25, 0.3) is 0 Å². The first-order chi connectivity index (χ1) is 12.1. The second-order valence-corrected chi connectivity index (χ2v) is 7.40. The number of carbonyl (C=O) groups is 2. The van der Waals surface area contributed by atoms with Crippen molar-refractivity contribution in [2.75, 3.05) is 19.6 Å². The lowest BCUT2D eigenvalue weighted by atomic mass is 10.1. The van der Waals surface area contributed by atoms with E-state index in [1.165, 1.54) is 0 Å². The lowest BCUT2D eigenvalue weighted by molar-refractivity contribution is -0.128. The average molecular weight is 404 g/mol. The molecule has 1 aromatic heterocycles. The molecule has 0 bridgehead atoms.